The molecule has 1 aromatic carbocycles. The van der Waals surface area contributed by atoms with E-state index in [1.807, 2.05) is 11.8 Å². The van der Waals surface area contributed by atoms with E-state index in [9.17, 15) is 5.11 Å². The van der Waals surface area contributed by atoms with E-state index in [1.54, 1.807) is 0 Å². The van der Waals surface area contributed by atoms with E-state index >= 15 is 0 Å². The number of hydrogen-bond acceptors (Lipinski definition) is 2. The molecule has 16 heavy (non-hydrogen) atoms. The summed E-state index contributed by atoms with van der Waals surface area (Å²) in [6.45, 7) is 2.52. The number of thioether (sulfide) groups is 1. The standard InChI is InChI=1S/C14H20OS/c1-2-16-13-6-4-12(5-7-13)10-14(11-15)8-3-9-14/h4-7,15H,2-3,8-11H2,1H3. The highest BCUT2D eigenvalue weighted by atomic mass is 32.2. The molecule has 0 aromatic heterocycles. The van der Waals surface area contributed by atoms with Crippen LogP contribution >= 0.6 is 11.8 Å². The van der Waals surface area contributed by atoms with Gasteiger partial charge in [-0.3, -0.25) is 0 Å². The fraction of sp³-hybridized carbons (Fsp3) is 0.571. The second kappa shape index (κ2) is 5.24. The van der Waals surface area contributed by atoms with Gasteiger partial charge in [-0.15, -0.1) is 11.8 Å². The van der Waals surface area contributed by atoms with Crippen LogP contribution in [-0.2, 0) is 6.42 Å². The summed E-state index contributed by atoms with van der Waals surface area (Å²) in [7, 11) is 0. The van der Waals surface area contributed by atoms with Crippen molar-refractivity contribution in [3.05, 3.63) is 29.8 Å². The third kappa shape index (κ3) is 2.61. The largest absolute Gasteiger partial charge is 0.396 e. The lowest BCUT2D eigenvalue weighted by Crippen LogP contribution is -2.35. The van der Waals surface area contributed by atoms with Crippen LogP contribution in [0.5, 0.6) is 0 Å². The first-order valence-corrected chi connectivity index (χ1v) is 7.09. The maximum absolute atomic E-state index is 9.43. The summed E-state index contributed by atoms with van der Waals surface area (Å²) in [4.78, 5) is 1.35. The van der Waals surface area contributed by atoms with Gasteiger partial charge in [-0.05, 0) is 48.1 Å². The van der Waals surface area contributed by atoms with E-state index < -0.39 is 0 Å². The Labute approximate surface area is 102 Å². The molecule has 2 heteroatoms. The topological polar surface area (TPSA) is 20.2 Å². The zero-order valence-corrected chi connectivity index (χ0v) is 10.7. The first-order chi connectivity index (χ1) is 7.78. The molecule has 0 saturated heterocycles. The second-order valence-corrected chi connectivity index (χ2v) is 6.10. The Hall–Kier alpha value is -0.470. The first-order valence-electron chi connectivity index (χ1n) is 6.11. The summed E-state index contributed by atoms with van der Waals surface area (Å²) in [5.41, 5.74) is 1.58. The van der Waals surface area contributed by atoms with Gasteiger partial charge in [0.25, 0.3) is 0 Å². The summed E-state index contributed by atoms with van der Waals surface area (Å²) in [5, 5.41) is 9.43. The van der Waals surface area contributed by atoms with Crippen molar-refractivity contribution >= 4 is 11.8 Å². The normalized spacial score (nSPS) is 18.1. The molecule has 0 radical (unpaired) electrons. The van der Waals surface area contributed by atoms with Gasteiger partial charge in [-0.25, -0.2) is 0 Å². The van der Waals surface area contributed by atoms with Crippen molar-refractivity contribution in [1.82, 2.24) is 0 Å². The van der Waals surface area contributed by atoms with Gasteiger partial charge >= 0.3 is 0 Å². The van der Waals surface area contributed by atoms with Crippen molar-refractivity contribution in [2.75, 3.05) is 12.4 Å². The van der Waals surface area contributed by atoms with Gasteiger partial charge in [-0.1, -0.05) is 25.5 Å². The van der Waals surface area contributed by atoms with Crippen LogP contribution in [0.15, 0.2) is 29.2 Å². The fourth-order valence-electron chi connectivity index (χ4n) is 2.37. The van der Waals surface area contributed by atoms with Crippen LogP contribution in [0, 0.1) is 5.41 Å². The fourth-order valence-corrected chi connectivity index (χ4v) is 3.03. The third-order valence-corrected chi connectivity index (χ3v) is 4.46. The molecule has 0 amide bonds. The molecule has 2 rings (SSSR count). The van der Waals surface area contributed by atoms with Gasteiger partial charge in [0.15, 0.2) is 0 Å². The Balaban J connectivity index is 1.99. The number of benzene rings is 1. The SMILES string of the molecule is CCSc1ccc(CC2(CO)CCC2)cc1. The van der Waals surface area contributed by atoms with Crippen molar-refractivity contribution in [1.29, 1.82) is 0 Å². The molecule has 88 valence electrons. The Kier molecular flexibility index (Phi) is 3.93. The lowest BCUT2D eigenvalue weighted by molar-refractivity contribution is 0.0450. The molecule has 1 nitrogen and oxygen atoms in total. The molecule has 1 N–H and O–H groups in total. The summed E-state index contributed by atoms with van der Waals surface area (Å²) < 4.78 is 0. The molecule has 1 aliphatic rings. The predicted molar refractivity (Wildman–Crippen MR) is 69.9 cm³/mol. The van der Waals surface area contributed by atoms with Gasteiger partial charge in [0, 0.05) is 11.5 Å². The highest BCUT2D eigenvalue weighted by Crippen LogP contribution is 2.43. The molecule has 0 aliphatic heterocycles. The van der Waals surface area contributed by atoms with Crippen LogP contribution in [0.4, 0.5) is 0 Å². The van der Waals surface area contributed by atoms with Crippen molar-refractivity contribution in [3.8, 4) is 0 Å². The van der Waals surface area contributed by atoms with Crippen LogP contribution in [0.2, 0.25) is 0 Å². The monoisotopic (exact) mass is 236 g/mol. The summed E-state index contributed by atoms with van der Waals surface area (Å²) in [5.74, 6) is 1.12. The van der Waals surface area contributed by atoms with Crippen molar-refractivity contribution in [2.24, 2.45) is 5.41 Å². The highest BCUT2D eigenvalue weighted by molar-refractivity contribution is 7.99. The molecule has 0 atom stereocenters. The number of aliphatic hydroxyl groups is 1. The molecule has 0 unspecified atom stereocenters. The Bertz CT molecular complexity index is 322. The molecular formula is C14H20OS. The smallest absolute Gasteiger partial charge is 0.0490 e. The molecule has 0 bridgehead atoms. The van der Waals surface area contributed by atoms with E-state index in [1.165, 1.54) is 29.7 Å². The van der Waals surface area contributed by atoms with Crippen LogP contribution < -0.4 is 0 Å². The van der Waals surface area contributed by atoms with E-state index in [0.717, 1.165) is 12.2 Å². The Morgan fingerprint density at radius 3 is 2.38 bits per heavy atom. The zero-order chi connectivity index (χ0) is 11.4. The lowest BCUT2D eigenvalue weighted by Gasteiger charge is -2.40. The maximum Gasteiger partial charge on any atom is 0.0490 e. The van der Waals surface area contributed by atoms with E-state index in [4.69, 9.17) is 0 Å². The Morgan fingerprint density at radius 1 is 1.25 bits per heavy atom. The second-order valence-electron chi connectivity index (χ2n) is 4.77. The molecule has 0 spiro atoms. The van der Waals surface area contributed by atoms with Crippen LogP contribution in [0.1, 0.15) is 31.7 Å². The van der Waals surface area contributed by atoms with Crippen LogP contribution in [0.3, 0.4) is 0 Å². The van der Waals surface area contributed by atoms with Crippen LogP contribution in [-0.4, -0.2) is 17.5 Å². The zero-order valence-electron chi connectivity index (χ0n) is 9.91. The quantitative estimate of drug-likeness (QED) is 0.790. The lowest BCUT2D eigenvalue weighted by atomic mass is 9.66. The summed E-state index contributed by atoms with van der Waals surface area (Å²) in [6, 6.07) is 8.84. The van der Waals surface area contributed by atoms with E-state index in [-0.39, 0.29) is 5.41 Å². The van der Waals surface area contributed by atoms with Gasteiger partial charge in [0.1, 0.15) is 0 Å². The van der Waals surface area contributed by atoms with Crippen molar-refractivity contribution < 1.29 is 5.11 Å². The molecule has 1 aromatic rings. The summed E-state index contributed by atoms with van der Waals surface area (Å²) >= 11 is 1.88. The number of hydrogen-bond donors (Lipinski definition) is 1. The molecule has 1 saturated carbocycles. The van der Waals surface area contributed by atoms with Crippen molar-refractivity contribution in [3.63, 3.8) is 0 Å². The molecular weight excluding hydrogens is 216 g/mol. The van der Waals surface area contributed by atoms with Gasteiger partial charge in [0.2, 0.25) is 0 Å². The van der Waals surface area contributed by atoms with E-state index in [0.29, 0.717) is 6.61 Å². The molecule has 1 fully saturated rings. The minimum atomic E-state index is 0.208. The van der Waals surface area contributed by atoms with Gasteiger partial charge in [-0.2, -0.15) is 0 Å². The molecule has 1 aliphatic carbocycles. The number of rotatable bonds is 5. The van der Waals surface area contributed by atoms with Crippen LogP contribution in [0.25, 0.3) is 0 Å². The maximum atomic E-state index is 9.43. The Morgan fingerprint density at radius 2 is 1.94 bits per heavy atom. The average molecular weight is 236 g/mol. The predicted octanol–water partition coefficient (Wildman–Crippen LogP) is 3.50. The summed E-state index contributed by atoms with van der Waals surface area (Å²) in [6.07, 6.45) is 4.70. The first kappa shape index (κ1) is 12.0. The highest BCUT2D eigenvalue weighted by Gasteiger charge is 2.36. The third-order valence-electron chi connectivity index (χ3n) is 3.56. The van der Waals surface area contributed by atoms with E-state index in [2.05, 4.69) is 31.2 Å². The van der Waals surface area contributed by atoms with Gasteiger partial charge < -0.3 is 5.11 Å². The molecule has 0 heterocycles. The van der Waals surface area contributed by atoms with Gasteiger partial charge in [0.05, 0.1) is 0 Å². The van der Waals surface area contributed by atoms with Crippen molar-refractivity contribution in [2.45, 2.75) is 37.5 Å². The minimum absolute atomic E-state index is 0.208. The minimum Gasteiger partial charge on any atom is -0.396 e. The number of aliphatic hydroxyl groups excluding tert-OH is 1. The average Bonchev–Trinajstić information content (AvgIpc) is 2.26.